The lowest BCUT2D eigenvalue weighted by Crippen LogP contribution is -2.04. The first-order valence-electron chi connectivity index (χ1n) is 3.15. The molecule has 1 aromatic rings. The van der Waals surface area contributed by atoms with E-state index < -0.39 is 0 Å². The lowest BCUT2D eigenvalue weighted by Gasteiger charge is -1.95. The first kappa shape index (κ1) is 6.07. The van der Waals surface area contributed by atoms with Gasteiger partial charge in [0.1, 0.15) is 0 Å². The zero-order valence-corrected chi connectivity index (χ0v) is 6.46. The number of benzene rings is 1. The van der Waals surface area contributed by atoms with Crippen molar-refractivity contribution in [2.24, 2.45) is 0 Å². The van der Waals surface area contributed by atoms with Gasteiger partial charge in [-0.2, -0.15) is 4.83 Å². The van der Waals surface area contributed by atoms with E-state index in [0.29, 0.717) is 0 Å². The van der Waals surface area contributed by atoms with E-state index in [1.165, 1.54) is 16.1 Å². The number of aryl methyl sites for hydroxylation is 1. The highest BCUT2D eigenvalue weighted by Crippen LogP contribution is 2.30. The number of anilines is 1. The van der Waals surface area contributed by atoms with E-state index in [0.717, 1.165) is 0 Å². The molecule has 0 saturated heterocycles. The first-order chi connectivity index (χ1) is 4.86. The summed E-state index contributed by atoms with van der Waals surface area (Å²) in [4.78, 5) is 4.26. The summed E-state index contributed by atoms with van der Waals surface area (Å²) >= 11 is 1.62. The Morgan fingerprint density at radius 2 is 2.30 bits per heavy atom. The molecule has 0 spiro atoms. The van der Waals surface area contributed by atoms with E-state index in [9.17, 15) is 0 Å². The van der Waals surface area contributed by atoms with Gasteiger partial charge in [0, 0.05) is 4.90 Å². The standard InChI is InChI=1S/C7H8N2S/c1-5-2-3-6-7(4-5)10-9-8-6/h2-4,8-9H,1H3. The maximum Gasteiger partial charge on any atom is 0.0646 e. The fourth-order valence-electron chi connectivity index (χ4n) is 0.953. The van der Waals surface area contributed by atoms with E-state index in [2.05, 4.69) is 35.4 Å². The molecule has 0 unspecified atom stereocenters. The van der Waals surface area contributed by atoms with Gasteiger partial charge in [-0.05, 0) is 36.6 Å². The molecule has 1 aliphatic heterocycles. The van der Waals surface area contributed by atoms with Gasteiger partial charge in [0.2, 0.25) is 0 Å². The second kappa shape index (κ2) is 2.18. The summed E-state index contributed by atoms with van der Waals surface area (Å²) in [7, 11) is 0. The zero-order chi connectivity index (χ0) is 6.97. The van der Waals surface area contributed by atoms with Gasteiger partial charge < -0.3 is 5.43 Å². The van der Waals surface area contributed by atoms with E-state index >= 15 is 0 Å². The molecule has 0 saturated carbocycles. The summed E-state index contributed by atoms with van der Waals surface area (Å²) in [6.07, 6.45) is 0. The number of rotatable bonds is 0. The summed E-state index contributed by atoms with van der Waals surface area (Å²) < 4.78 is 0. The smallest absolute Gasteiger partial charge is 0.0646 e. The van der Waals surface area contributed by atoms with Crippen molar-refractivity contribution in [3.05, 3.63) is 23.8 Å². The Morgan fingerprint density at radius 3 is 3.20 bits per heavy atom. The van der Waals surface area contributed by atoms with Crippen molar-refractivity contribution in [2.45, 2.75) is 11.8 Å². The zero-order valence-electron chi connectivity index (χ0n) is 5.64. The molecule has 10 heavy (non-hydrogen) atoms. The molecule has 0 aromatic heterocycles. The number of fused-ring (bicyclic) bond motifs is 1. The quantitative estimate of drug-likeness (QED) is 0.555. The van der Waals surface area contributed by atoms with E-state index in [1.54, 1.807) is 11.9 Å². The van der Waals surface area contributed by atoms with Crippen molar-refractivity contribution in [1.82, 2.24) is 4.83 Å². The number of hydrazine groups is 1. The summed E-state index contributed by atoms with van der Waals surface area (Å²) in [6, 6.07) is 6.34. The largest absolute Gasteiger partial charge is 0.310 e. The van der Waals surface area contributed by atoms with Gasteiger partial charge in [0.15, 0.2) is 0 Å². The van der Waals surface area contributed by atoms with E-state index in [4.69, 9.17) is 0 Å². The van der Waals surface area contributed by atoms with Gasteiger partial charge >= 0.3 is 0 Å². The third kappa shape index (κ3) is 0.874. The van der Waals surface area contributed by atoms with Crippen LogP contribution in [0.15, 0.2) is 23.1 Å². The SMILES string of the molecule is Cc1ccc2c(c1)SNN2. The third-order valence-corrected chi connectivity index (χ3v) is 2.25. The predicted octanol–water partition coefficient (Wildman–Crippen LogP) is 1.93. The second-order valence-electron chi connectivity index (χ2n) is 2.33. The fraction of sp³-hybridized carbons (Fsp3) is 0.143. The molecule has 0 fully saturated rings. The van der Waals surface area contributed by atoms with Crippen LogP contribution in [-0.2, 0) is 0 Å². The molecule has 0 radical (unpaired) electrons. The van der Waals surface area contributed by atoms with E-state index in [1.807, 2.05) is 0 Å². The van der Waals surface area contributed by atoms with Crippen molar-refractivity contribution in [3.8, 4) is 0 Å². The molecular formula is C7H8N2S. The molecule has 2 nitrogen and oxygen atoms in total. The van der Waals surface area contributed by atoms with Crippen molar-refractivity contribution in [3.63, 3.8) is 0 Å². The van der Waals surface area contributed by atoms with E-state index in [-0.39, 0.29) is 0 Å². The van der Waals surface area contributed by atoms with Crippen molar-refractivity contribution >= 4 is 17.6 Å². The molecule has 0 amide bonds. The van der Waals surface area contributed by atoms with Gasteiger partial charge in [0.05, 0.1) is 5.69 Å². The maximum absolute atomic E-state index is 3.04. The van der Waals surface area contributed by atoms with Crippen molar-refractivity contribution in [1.29, 1.82) is 0 Å². The second-order valence-corrected chi connectivity index (χ2v) is 3.18. The Hall–Kier alpha value is -0.670. The van der Waals surface area contributed by atoms with Crippen LogP contribution >= 0.6 is 11.9 Å². The van der Waals surface area contributed by atoms with Gasteiger partial charge in [-0.3, -0.25) is 0 Å². The molecule has 0 aliphatic carbocycles. The molecular weight excluding hydrogens is 144 g/mol. The van der Waals surface area contributed by atoms with Crippen molar-refractivity contribution in [2.75, 3.05) is 5.43 Å². The highest BCUT2D eigenvalue weighted by Gasteiger charge is 2.08. The minimum atomic E-state index is 1.18. The Labute approximate surface area is 64.1 Å². The summed E-state index contributed by atoms with van der Waals surface area (Å²) in [5.41, 5.74) is 5.52. The number of hydrogen-bond donors (Lipinski definition) is 2. The van der Waals surface area contributed by atoms with Crippen LogP contribution in [0.25, 0.3) is 0 Å². The van der Waals surface area contributed by atoms with Crippen LogP contribution in [0.2, 0.25) is 0 Å². The Balaban J connectivity index is 2.52. The lowest BCUT2D eigenvalue weighted by atomic mass is 10.2. The molecule has 0 atom stereocenters. The van der Waals surface area contributed by atoms with Crippen molar-refractivity contribution < 1.29 is 0 Å². The van der Waals surface area contributed by atoms with Crippen LogP contribution in [-0.4, -0.2) is 0 Å². The molecule has 1 aromatic carbocycles. The molecule has 0 bridgehead atoms. The van der Waals surface area contributed by atoms with Crippen LogP contribution in [0, 0.1) is 6.92 Å². The average Bonchev–Trinajstić information content (AvgIpc) is 2.33. The third-order valence-electron chi connectivity index (χ3n) is 1.48. The average molecular weight is 152 g/mol. The van der Waals surface area contributed by atoms with Crippen LogP contribution < -0.4 is 10.3 Å². The topological polar surface area (TPSA) is 24.1 Å². The van der Waals surface area contributed by atoms with Gasteiger partial charge in [-0.15, -0.1) is 0 Å². The van der Waals surface area contributed by atoms with Gasteiger partial charge in [0.25, 0.3) is 0 Å². The van der Waals surface area contributed by atoms with Crippen LogP contribution in [0.4, 0.5) is 5.69 Å². The Morgan fingerprint density at radius 1 is 1.40 bits per heavy atom. The lowest BCUT2D eigenvalue weighted by molar-refractivity contribution is 1.24. The molecule has 1 aliphatic rings. The molecule has 2 rings (SSSR count). The summed E-state index contributed by atoms with van der Waals surface area (Å²) in [6.45, 7) is 2.10. The fourth-order valence-corrected chi connectivity index (χ4v) is 1.70. The Kier molecular flexibility index (Phi) is 1.32. The monoisotopic (exact) mass is 152 g/mol. The number of nitrogens with one attached hydrogen (secondary N) is 2. The highest BCUT2D eigenvalue weighted by atomic mass is 32.2. The molecule has 52 valence electrons. The highest BCUT2D eigenvalue weighted by molar-refractivity contribution is 7.98. The Bertz CT molecular complexity index is 260. The predicted molar refractivity (Wildman–Crippen MR) is 43.8 cm³/mol. The van der Waals surface area contributed by atoms with Crippen LogP contribution in [0.3, 0.4) is 0 Å². The summed E-state index contributed by atoms with van der Waals surface area (Å²) in [5, 5.41) is 0. The van der Waals surface area contributed by atoms with Crippen LogP contribution in [0.5, 0.6) is 0 Å². The maximum atomic E-state index is 3.04. The number of hydrogen-bond acceptors (Lipinski definition) is 3. The molecule has 3 heteroatoms. The molecule has 2 N–H and O–H groups in total. The summed E-state index contributed by atoms with van der Waals surface area (Å²) in [5.74, 6) is 0. The normalized spacial score (nSPS) is 14.5. The first-order valence-corrected chi connectivity index (χ1v) is 3.96. The molecule has 1 heterocycles. The van der Waals surface area contributed by atoms with Gasteiger partial charge in [-0.25, -0.2) is 0 Å². The van der Waals surface area contributed by atoms with Crippen LogP contribution in [0.1, 0.15) is 5.56 Å². The van der Waals surface area contributed by atoms with Gasteiger partial charge in [-0.1, -0.05) is 6.07 Å². The minimum Gasteiger partial charge on any atom is -0.310 e. The minimum absolute atomic E-state index is 1.18.